The highest BCUT2D eigenvalue weighted by Gasteiger charge is 2.32. The molecule has 1 fully saturated rings. The third kappa shape index (κ3) is 2.65. The summed E-state index contributed by atoms with van der Waals surface area (Å²) in [5.74, 6) is 0.450. The van der Waals surface area contributed by atoms with Crippen LogP contribution in [0.25, 0.3) is 11.0 Å². The molecule has 6 heteroatoms. The standard InChI is InChI=1S/C17H19N3O3/c1-10-18-13-6-4-11(8-15(13)19(10)2)17(23)20(3)14-7-5-12(21)9-16(14)22/h4,6,8,14H,5,7,9H2,1-3H3. The lowest BCUT2D eigenvalue weighted by Gasteiger charge is -2.29. The van der Waals surface area contributed by atoms with Crippen molar-refractivity contribution in [3.8, 4) is 0 Å². The molecule has 1 atom stereocenters. The van der Waals surface area contributed by atoms with E-state index in [0.717, 1.165) is 16.9 Å². The number of amides is 1. The van der Waals surface area contributed by atoms with E-state index < -0.39 is 6.04 Å². The van der Waals surface area contributed by atoms with Gasteiger partial charge in [0.15, 0.2) is 5.78 Å². The van der Waals surface area contributed by atoms with Crippen molar-refractivity contribution in [1.82, 2.24) is 14.5 Å². The summed E-state index contributed by atoms with van der Waals surface area (Å²) in [5.41, 5.74) is 2.24. The maximum Gasteiger partial charge on any atom is 0.254 e. The van der Waals surface area contributed by atoms with Crippen LogP contribution >= 0.6 is 0 Å². The molecule has 1 aliphatic rings. The Labute approximate surface area is 134 Å². The highest BCUT2D eigenvalue weighted by molar-refractivity contribution is 6.06. The van der Waals surface area contributed by atoms with E-state index in [1.807, 2.05) is 24.6 Å². The summed E-state index contributed by atoms with van der Waals surface area (Å²) >= 11 is 0. The van der Waals surface area contributed by atoms with Gasteiger partial charge in [-0.15, -0.1) is 0 Å². The summed E-state index contributed by atoms with van der Waals surface area (Å²) in [5, 5.41) is 0. The maximum absolute atomic E-state index is 12.7. The van der Waals surface area contributed by atoms with E-state index in [-0.39, 0.29) is 23.9 Å². The fourth-order valence-electron chi connectivity index (χ4n) is 3.06. The molecule has 23 heavy (non-hydrogen) atoms. The number of hydrogen-bond acceptors (Lipinski definition) is 4. The van der Waals surface area contributed by atoms with Gasteiger partial charge in [0.05, 0.1) is 23.5 Å². The molecule has 1 heterocycles. The Balaban J connectivity index is 1.89. The first-order valence-corrected chi connectivity index (χ1v) is 7.63. The predicted molar refractivity (Wildman–Crippen MR) is 85.2 cm³/mol. The first kappa shape index (κ1) is 15.4. The molecule has 6 nitrogen and oxygen atoms in total. The third-order valence-corrected chi connectivity index (χ3v) is 4.58. The average Bonchev–Trinajstić information content (AvgIpc) is 2.80. The van der Waals surface area contributed by atoms with Crippen LogP contribution in [0, 0.1) is 6.92 Å². The maximum atomic E-state index is 12.7. The van der Waals surface area contributed by atoms with E-state index >= 15 is 0 Å². The van der Waals surface area contributed by atoms with Gasteiger partial charge in [0.25, 0.3) is 5.91 Å². The van der Waals surface area contributed by atoms with Crippen LogP contribution in [0.4, 0.5) is 0 Å². The molecule has 1 unspecified atom stereocenters. The Bertz CT molecular complexity index is 822. The zero-order valence-corrected chi connectivity index (χ0v) is 13.5. The van der Waals surface area contributed by atoms with Crippen LogP contribution < -0.4 is 0 Å². The second-order valence-corrected chi connectivity index (χ2v) is 6.07. The Hall–Kier alpha value is -2.50. The number of hydrogen-bond donors (Lipinski definition) is 0. The molecule has 0 aliphatic heterocycles. The smallest absolute Gasteiger partial charge is 0.254 e. The van der Waals surface area contributed by atoms with Crippen molar-refractivity contribution < 1.29 is 14.4 Å². The summed E-state index contributed by atoms with van der Waals surface area (Å²) in [6, 6.07) is 4.83. The van der Waals surface area contributed by atoms with Gasteiger partial charge in [-0.3, -0.25) is 14.4 Å². The van der Waals surface area contributed by atoms with Gasteiger partial charge >= 0.3 is 0 Å². The van der Waals surface area contributed by atoms with Gasteiger partial charge in [0.1, 0.15) is 11.6 Å². The molecule has 1 aromatic heterocycles. The van der Waals surface area contributed by atoms with Gasteiger partial charge in [0.2, 0.25) is 0 Å². The van der Waals surface area contributed by atoms with Gasteiger partial charge in [-0.05, 0) is 31.5 Å². The monoisotopic (exact) mass is 313 g/mol. The van der Waals surface area contributed by atoms with Crippen molar-refractivity contribution in [2.24, 2.45) is 7.05 Å². The summed E-state index contributed by atoms with van der Waals surface area (Å²) in [6.07, 6.45) is 0.698. The van der Waals surface area contributed by atoms with Gasteiger partial charge in [-0.2, -0.15) is 0 Å². The third-order valence-electron chi connectivity index (χ3n) is 4.58. The lowest BCUT2D eigenvalue weighted by molar-refractivity contribution is -0.132. The molecule has 120 valence electrons. The fraction of sp³-hybridized carbons (Fsp3) is 0.412. The molecule has 0 radical (unpaired) electrons. The quantitative estimate of drug-likeness (QED) is 0.790. The number of imidazole rings is 1. The Morgan fingerprint density at radius 1 is 1.35 bits per heavy atom. The van der Waals surface area contributed by atoms with E-state index in [2.05, 4.69) is 4.98 Å². The van der Waals surface area contributed by atoms with E-state index in [9.17, 15) is 14.4 Å². The highest BCUT2D eigenvalue weighted by atomic mass is 16.2. The van der Waals surface area contributed by atoms with E-state index in [0.29, 0.717) is 18.4 Å². The minimum Gasteiger partial charge on any atom is -0.332 e. The Morgan fingerprint density at radius 2 is 2.09 bits per heavy atom. The molecule has 1 aromatic carbocycles. The first-order chi connectivity index (χ1) is 10.9. The number of aromatic nitrogens is 2. The Kier molecular flexibility index (Phi) is 3.75. The number of rotatable bonds is 2. The second kappa shape index (κ2) is 5.61. The van der Waals surface area contributed by atoms with Crippen LogP contribution in [0.1, 0.15) is 35.4 Å². The van der Waals surface area contributed by atoms with Crippen molar-refractivity contribution >= 4 is 28.5 Å². The van der Waals surface area contributed by atoms with Crippen LogP contribution in [0.2, 0.25) is 0 Å². The summed E-state index contributed by atoms with van der Waals surface area (Å²) in [4.78, 5) is 41.9. The summed E-state index contributed by atoms with van der Waals surface area (Å²) in [6.45, 7) is 1.91. The Morgan fingerprint density at radius 3 is 2.78 bits per heavy atom. The van der Waals surface area contributed by atoms with Crippen LogP contribution in [-0.4, -0.2) is 45.0 Å². The lowest BCUT2D eigenvalue weighted by Crippen LogP contribution is -2.45. The number of Topliss-reactive ketones (excluding diaryl/α,β-unsaturated/α-hetero) is 2. The molecule has 0 spiro atoms. The SMILES string of the molecule is Cc1nc2ccc(C(=O)N(C)C3CCC(=O)CC3=O)cc2n1C. The number of carbonyl (C=O) groups is 3. The topological polar surface area (TPSA) is 72.3 Å². The molecule has 0 saturated heterocycles. The van der Waals surface area contributed by atoms with Gasteiger partial charge in [0, 0.05) is 26.1 Å². The first-order valence-electron chi connectivity index (χ1n) is 7.63. The molecular weight excluding hydrogens is 294 g/mol. The molecule has 2 aromatic rings. The number of carbonyl (C=O) groups excluding carboxylic acids is 3. The van der Waals surface area contributed by atoms with E-state index in [4.69, 9.17) is 0 Å². The van der Waals surface area contributed by atoms with Crippen LogP contribution in [0.3, 0.4) is 0 Å². The zero-order valence-electron chi connectivity index (χ0n) is 13.5. The molecule has 1 saturated carbocycles. The molecule has 3 rings (SSSR count). The van der Waals surface area contributed by atoms with Gasteiger partial charge in [-0.1, -0.05) is 0 Å². The molecule has 1 amide bonds. The van der Waals surface area contributed by atoms with Crippen LogP contribution in [-0.2, 0) is 16.6 Å². The van der Waals surface area contributed by atoms with E-state index in [1.54, 1.807) is 19.2 Å². The number of nitrogens with zero attached hydrogens (tertiary/aromatic N) is 3. The minimum absolute atomic E-state index is 0.0427. The molecular formula is C17H19N3O3. The molecule has 0 N–H and O–H groups in total. The number of likely N-dealkylation sites (N-methyl/N-ethyl adjacent to an activating group) is 1. The number of benzene rings is 1. The number of aryl methyl sites for hydroxylation is 2. The lowest BCUT2D eigenvalue weighted by atomic mass is 9.92. The number of fused-ring (bicyclic) bond motifs is 1. The normalized spacial score (nSPS) is 18.5. The van der Waals surface area contributed by atoms with E-state index in [1.165, 1.54) is 4.90 Å². The molecule has 1 aliphatic carbocycles. The molecule has 0 bridgehead atoms. The van der Waals surface area contributed by atoms with Crippen molar-refractivity contribution in [3.05, 3.63) is 29.6 Å². The highest BCUT2D eigenvalue weighted by Crippen LogP contribution is 2.21. The van der Waals surface area contributed by atoms with Crippen molar-refractivity contribution in [2.45, 2.75) is 32.2 Å². The summed E-state index contributed by atoms with van der Waals surface area (Å²) in [7, 11) is 3.53. The van der Waals surface area contributed by atoms with Crippen molar-refractivity contribution in [3.63, 3.8) is 0 Å². The second-order valence-electron chi connectivity index (χ2n) is 6.07. The zero-order chi connectivity index (χ0) is 16.7. The predicted octanol–water partition coefficient (Wildman–Crippen LogP) is 1.64. The van der Waals surface area contributed by atoms with Gasteiger partial charge < -0.3 is 9.47 Å². The van der Waals surface area contributed by atoms with Crippen molar-refractivity contribution in [2.75, 3.05) is 7.05 Å². The van der Waals surface area contributed by atoms with Crippen LogP contribution in [0.5, 0.6) is 0 Å². The largest absolute Gasteiger partial charge is 0.332 e. The minimum atomic E-state index is -0.510. The van der Waals surface area contributed by atoms with Crippen LogP contribution in [0.15, 0.2) is 18.2 Å². The fourth-order valence-corrected chi connectivity index (χ4v) is 3.06. The number of ketones is 2. The average molecular weight is 313 g/mol. The van der Waals surface area contributed by atoms with Crippen molar-refractivity contribution in [1.29, 1.82) is 0 Å². The summed E-state index contributed by atoms with van der Waals surface area (Å²) < 4.78 is 1.93. The van der Waals surface area contributed by atoms with Gasteiger partial charge in [-0.25, -0.2) is 4.98 Å².